The molecule has 74 valence electrons. The van der Waals surface area contributed by atoms with Gasteiger partial charge >= 0.3 is 0 Å². The van der Waals surface area contributed by atoms with Gasteiger partial charge < -0.3 is 0 Å². The average molecular weight is 222 g/mol. The molecule has 1 aromatic rings. The van der Waals surface area contributed by atoms with E-state index in [0.29, 0.717) is 0 Å². The van der Waals surface area contributed by atoms with Gasteiger partial charge in [0.2, 0.25) is 0 Å². The van der Waals surface area contributed by atoms with E-state index < -0.39 is 0 Å². The number of benzene rings is 1. The molecule has 1 heterocycles. The highest BCUT2D eigenvalue weighted by atomic mass is 32.2. The fourth-order valence-electron chi connectivity index (χ4n) is 2.30. The first-order valence-electron chi connectivity index (χ1n) is 5.36. The van der Waals surface area contributed by atoms with E-state index in [1.165, 1.54) is 35.5 Å². The second-order valence-electron chi connectivity index (χ2n) is 4.04. The van der Waals surface area contributed by atoms with Crippen molar-refractivity contribution in [1.82, 2.24) is 0 Å². The predicted octanol–water partition coefficient (Wildman–Crippen LogP) is 4.20. The standard InChI is InChI=1S/C12H14S2/c1-2-6-10-9(5-1)13-11-7-3-4-8-12(11)14-10/h1-2,5-6,11-12H,3-4,7-8H2. The Labute approximate surface area is 93.9 Å². The molecule has 1 fully saturated rings. The number of fused-ring (bicyclic) bond motifs is 2. The minimum atomic E-state index is 0.892. The number of thioether (sulfide) groups is 2. The van der Waals surface area contributed by atoms with Gasteiger partial charge in [0.15, 0.2) is 0 Å². The van der Waals surface area contributed by atoms with Gasteiger partial charge in [-0.15, -0.1) is 23.5 Å². The number of rotatable bonds is 0. The van der Waals surface area contributed by atoms with Crippen LogP contribution < -0.4 is 0 Å². The van der Waals surface area contributed by atoms with Crippen molar-refractivity contribution >= 4 is 23.5 Å². The Balaban J connectivity index is 1.91. The van der Waals surface area contributed by atoms with Crippen LogP contribution in [0, 0.1) is 0 Å². The lowest BCUT2D eigenvalue weighted by Gasteiger charge is -2.35. The molecule has 3 rings (SSSR count). The van der Waals surface area contributed by atoms with Crippen LogP contribution in [0.4, 0.5) is 0 Å². The maximum atomic E-state index is 2.28. The van der Waals surface area contributed by atoms with Gasteiger partial charge in [0.25, 0.3) is 0 Å². The zero-order chi connectivity index (χ0) is 9.38. The van der Waals surface area contributed by atoms with Crippen LogP contribution in [0.3, 0.4) is 0 Å². The van der Waals surface area contributed by atoms with Crippen LogP contribution in [0.25, 0.3) is 0 Å². The van der Waals surface area contributed by atoms with Gasteiger partial charge in [-0.25, -0.2) is 0 Å². The van der Waals surface area contributed by atoms with E-state index in [-0.39, 0.29) is 0 Å². The third-order valence-electron chi connectivity index (χ3n) is 3.05. The second-order valence-corrected chi connectivity index (χ2v) is 6.61. The van der Waals surface area contributed by atoms with Gasteiger partial charge in [-0.05, 0) is 25.0 Å². The Morgan fingerprint density at radius 2 is 1.36 bits per heavy atom. The highest BCUT2D eigenvalue weighted by Gasteiger charge is 2.31. The maximum absolute atomic E-state index is 2.28. The summed E-state index contributed by atoms with van der Waals surface area (Å²) < 4.78 is 0. The second kappa shape index (κ2) is 3.82. The molecule has 1 aliphatic carbocycles. The van der Waals surface area contributed by atoms with E-state index in [0.717, 1.165) is 10.5 Å². The summed E-state index contributed by atoms with van der Waals surface area (Å²) >= 11 is 4.24. The van der Waals surface area contributed by atoms with E-state index in [1.54, 1.807) is 0 Å². The Morgan fingerprint density at radius 1 is 0.857 bits per heavy atom. The fraction of sp³-hybridized carbons (Fsp3) is 0.500. The molecule has 0 saturated heterocycles. The van der Waals surface area contributed by atoms with E-state index in [4.69, 9.17) is 0 Å². The molecule has 2 aliphatic rings. The first-order chi connectivity index (χ1) is 6.93. The molecule has 0 aromatic heterocycles. The molecule has 0 bridgehead atoms. The lowest BCUT2D eigenvalue weighted by atomic mass is 10.00. The van der Waals surface area contributed by atoms with Crippen molar-refractivity contribution in [3.8, 4) is 0 Å². The SMILES string of the molecule is c1ccc2c(c1)SC1CCCCC1S2. The molecule has 0 spiro atoms. The van der Waals surface area contributed by atoms with Crippen LogP contribution in [-0.2, 0) is 0 Å². The lowest BCUT2D eigenvalue weighted by molar-refractivity contribution is 0.525. The van der Waals surface area contributed by atoms with E-state index in [2.05, 4.69) is 47.8 Å². The Hall–Kier alpha value is -0.0800. The zero-order valence-corrected chi connectivity index (χ0v) is 9.74. The third-order valence-corrected chi connectivity index (χ3v) is 6.30. The first kappa shape index (κ1) is 9.17. The van der Waals surface area contributed by atoms with Gasteiger partial charge in [0.05, 0.1) is 0 Å². The summed E-state index contributed by atoms with van der Waals surface area (Å²) in [5.74, 6) is 0. The summed E-state index contributed by atoms with van der Waals surface area (Å²) in [7, 11) is 0. The molecular formula is C12H14S2. The van der Waals surface area contributed by atoms with Crippen LogP contribution in [0.15, 0.2) is 34.1 Å². The summed E-state index contributed by atoms with van der Waals surface area (Å²) in [4.78, 5) is 3.03. The van der Waals surface area contributed by atoms with Crippen molar-refractivity contribution in [1.29, 1.82) is 0 Å². The highest BCUT2D eigenvalue weighted by molar-refractivity contribution is 8.06. The molecule has 1 aliphatic heterocycles. The quantitative estimate of drug-likeness (QED) is 0.645. The minimum absolute atomic E-state index is 0.892. The molecular weight excluding hydrogens is 208 g/mol. The molecule has 0 nitrogen and oxygen atoms in total. The van der Waals surface area contributed by atoms with E-state index >= 15 is 0 Å². The smallest absolute Gasteiger partial charge is 0.0217 e. The van der Waals surface area contributed by atoms with Crippen molar-refractivity contribution in [2.24, 2.45) is 0 Å². The van der Waals surface area contributed by atoms with Crippen LogP contribution in [0.5, 0.6) is 0 Å². The third kappa shape index (κ3) is 1.59. The normalized spacial score (nSPS) is 30.6. The maximum Gasteiger partial charge on any atom is 0.0217 e. The summed E-state index contributed by atoms with van der Waals surface area (Å²) in [5.41, 5.74) is 0. The van der Waals surface area contributed by atoms with Gasteiger partial charge in [-0.1, -0.05) is 25.0 Å². The van der Waals surface area contributed by atoms with Crippen LogP contribution >= 0.6 is 23.5 Å². The number of hydrogen-bond acceptors (Lipinski definition) is 2. The Bertz CT molecular complexity index is 302. The van der Waals surface area contributed by atoms with Crippen LogP contribution in [0.1, 0.15) is 25.7 Å². The van der Waals surface area contributed by atoms with Crippen molar-refractivity contribution in [3.63, 3.8) is 0 Å². The lowest BCUT2D eigenvalue weighted by Crippen LogP contribution is -2.26. The molecule has 0 N–H and O–H groups in total. The molecule has 2 unspecified atom stereocenters. The van der Waals surface area contributed by atoms with Crippen molar-refractivity contribution < 1.29 is 0 Å². The van der Waals surface area contributed by atoms with Gasteiger partial charge in [-0.2, -0.15) is 0 Å². The monoisotopic (exact) mass is 222 g/mol. The summed E-state index contributed by atoms with van der Waals surface area (Å²) in [6.45, 7) is 0. The fourth-order valence-corrected chi connectivity index (χ4v) is 5.41. The summed E-state index contributed by atoms with van der Waals surface area (Å²) in [5, 5.41) is 1.78. The van der Waals surface area contributed by atoms with E-state index in [9.17, 15) is 0 Å². The predicted molar refractivity (Wildman–Crippen MR) is 64.2 cm³/mol. The molecule has 2 heteroatoms. The topological polar surface area (TPSA) is 0 Å². The van der Waals surface area contributed by atoms with Crippen molar-refractivity contribution in [2.75, 3.05) is 0 Å². The van der Waals surface area contributed by atoms with Crippen molar-refractivity contribution in [2.45, 2.75) is 46.0 Å². The minimum Gasteiger partial charge on any atom is -0.120 e. The molecule has 1 saturated carbocycles. The zero-order valence-electron chi connectivity index (χ0n) is 8.11. The van der Waals surface area contributed by atoms with Crippen LogP contribution in [0.2, 0.25) is 0 Å². The average Bonchev–Trinajstić information content (AvgIpc) is 2.26. The summed E-state index contributed by atoms with van der Waals surface area (Å²) in [6.07, 6.45) is 5.74. The van der Waals surface area contributed by atoms with Crippen LogP contribution in [-0.4, -0.2) is 10.5 Å². The highest BCUT2D eigenvalue weighted by Crippen LogP contribution is 2.49. The first-order valence-corrected chi connectivity index (χ1v) is 7.12. The van der Waals surface area contributed by atoms with Gasteiger partial charge in [-0.3, -0.25) is 0 Å². The molecule has 0 radical (unpaired) electrons. The van der Waals surface area contributed by atoms with E-state index in [1.807, 2.05) is 0 Å². The van der Waals surface area contributed by atoms with Crippen molar-refractivity contribution in [3.05, 3.63) is 24.3 Å². The molecule has 14 heavy (non-hydrogen) atoms. The Kier molecular flexibility index (Phi) is 2.50. The molecule has 1 aromatic carbocycles. The Morgan fingerprint density at radius 3 is 1.86 bits per heavy atom. The molecule has 2 atom stereocenters. The molecule has 0 amide bonds. The van der Waals surface area contributed by atoms with Gasteiger partial charge in [0.1, 0.15) is 0 Å². The number of hydrogen-bond donors (Lipinski definition) is 0. The largest absolute Gasteiger partial charge is 0.120 e. The summed E-state index contributed by atoms with van der Waals surface area (Å²) in [6, 6.07) is 8.88. The van der Waals surface area contributed by atoms with Gasteiger partial charge in [0, 0.05) is 20.3 Å².